The number of nitrogens with zero attached hydrogens (tertiary/aromatic N) is 2. The number of aliphatic carboxylic acids is 1. The summed E-state index contributed by atoms with van der Waals surface area (Å²) in [5, 5.41) is 9.90. The van der Waals surface area contributed by atoms with Crippen LogP contribution >= 0.6 is 0 Å². The lowest BCUT2D eigenvalue weighted by molar-refractivity contribution is -0.149. The lowest BCUT2D eigenvalue weighted by Crippen LogP contribution is -2.42. The van der Waals surface area contributed by atoms with Crippen LogP contribution < -0.4 is 0 Å². The number of ether oxygens (including phenoxy) is 1. The molecule has 1 N–H and O–H groups in total. The molecule has 3 fully saturated rings. The first-order valence-corrected chi connectivity index (χ1v) is 9.77. The Morgan fingerprint density at radius 2 is 1.92 bits per heavy atom. The van der Waals surface area contributed by atoms with Crippen LogP contribution in [0.15, 0.2) is 0 Å². The first kappa shape index (κ1) is 18.6. The maximum Gasteiger partial charge on any atom is 0.313 e. The highest BCUT2D eigenvalue weighted by atomic mass is 16.5. The third-order valence-electron chi connectivity index (χ3n) is 6.47. The van der Waals surface area contributed by atoms with E-state index in [9.17, 15) is 14.7 Å². The van der Waals surface area contributed by atoms with E-state index in [1.807, 2.05) is 4.90 Å². The van der Waals surface area contributed by atoms with E-state index >= 15 is 0 Å². The van der Waals surface area contributed by atoms with Gasteiger partial charge in [-0.1, -0.05) is 19.3 Å². The Morgan fingerprint density at radius 3 is 2.56 bits per heavy atom. The third kappa shape index (κ3) is 4.00. The molecule has 3 aliphatic rings. The van der Waals surface area contributed by atoms with Crippen molar-refractivity contribution in [3.63, 3.8) is 0 Å². The molecule has 3 rings (SSSR count). The quantitative estimate of drug-likeness (QED) is 0.708. The van der Waals surface area contributed by atoms with E-state index in [0.29, 0.717) is 38.6 Å². The Morgan fingerprint density at radius 1 is 1.16 bits per heavy atom. The Labute approximate surface area is 150 Å². The van der Waals surface area contributed by atoms with E-state index in [-0.39, 0.29) is 11.8 Å². The number of carbonyl (C=O) groups is 2. The Bertz CT molecular complexity index is 492. The molecule has 0 aromatic rings. The number of likely N-dealkylation sites (tertiary alicyclic amines) is 2. The van der Waals surface area contributed by atoms with Crippen molar-refractivity contribution < 1.29 is 19.4 Å². The highest BCUT2D eigenvalue weighted by Gasteiger charge is 2.58. The number of methoxy groups -OCH3 is 1. The monoisotopic (exact) mass is 352 g/mol. The average Bonchev–Trinajstić information content (AvgIpc) is 3.11. The molecule has 2 heterocycles. The van der Waals surface area contributed by atoms with Crippen molar-refractivity contribution in [2.75, 3.05) is 46.4 Å². The summed E-state index contributed by atoms with van der Waals surface area (Å²) in [4.78, 5) is 28.8. The fourth-order valence-electron chi connectivity index (χ4n) is 5.03. The van der Waals surface area contributed by atoms with Gasteiger partial charge in [0.2, 0.25) is 5.91 Å². The van der Waals surface area contributed by atoms with E-state index < -0.39 is 11.4 Å². The maximum absolute atomic E-state index is 12.7. The number of fused-ring (bicyclic) bond motifs is 1. The molecule has 6 nitrogen and oxygen atoms in total. The second-order valence-electron chi connectivity index (χ2n) is 8.22. The molecule has 1 aliphatic carbocycles. The van der Waals surface area contributed by atoms with Gasteiger partial charge in [0.05, 0.1) is 0 Å². The zero-order valence-corrected chi connectivity index (χ0v) is 15.4. The van der Waals surface area contributed by atoms with Gasteiger partial charge in [0.1, 0.15) is 5.41 Å². The number of hydrogen-bond donors (Lipinski definition) is 1. The van der Waals surface area contributed by atoms with Crippen molar-refractivity contribution in [2.45, 2.75) is 44.9 Å². The van der Waals surface area contributed by atoms with Crippen molar-refractivity contribution in [1.29, 1.82) is 0 Å². The summed E-state index contributed by atoms with van der Waals surface area (Å²) in [6, 6.07) is 0. The highest BCUT2D eigenvalue weighted by Crippen LogP contribution is 2.43. The van der Waals surface area contributed by atoms with Crippen molar-refractivity contribution >= 4 is 11.9 Å². The number of amides is 1. The molecule has 2 atom stereocenters. The van der Waals surface area contributed by atoms with Crippen molar-refractivity contribution in [1.82, 2.24) is 9.80 Å². The van der Waals surface area contributed by atoms with E-state index in [2.05, 4.69) is 4.90 Å². The Balaban J connectivity index is 1.57. The van der Waals surface area contributed by atoms with E-state index in [1.54, 1.807) is 7.11 Å². The average molecular weight is 352 g/mol. The molecule has 2 aliphatic heterocycles. The van der Waals surface area contributed by atoms with Crippen LogP contribution in [0.3, 0.4) is 0 Å². The molecule has 0 bridgehead atoms. The molecular formula is C19H32N2O4. The van der Waals surface area contributed by atoms with Crippen molar-refractivity contribution in [2.24, 2.45) is 17.3 Å². The molecular weight excluding hydrogens is 320 g/mol. The molecule has 0 spiro atoms. The number of rotatable bonds is 7. The van der Waals surface area contributed by atoms with Crippen LogP contribution in [0.5, 0.6) is 0 Å². The first-order chi connectivity index (χ1) is 12.0. The molecule has 142 valence electrons. The predicted octanol–water partition coefficient (Wildman–Crippen LogP) is 1.84. The van der Waals surface area contributed by atoms with Gasteiger partial charge in [0.15, 0.2) is 0 Å². The molecule has 1 amide bonds. The normalized spacial score (nSPS) is 30.6. The summed E-state index contributed by atoms with van der Waals surface area (Å²) < 4.78 is 5.09. The van der Waals surface area contributed by atoms with E-state index in [0.717, 1.165) is 32.4 Å². The van der Waals surface area contributed by atoms with Crippen LogP contribution in [0.2, 0.25) is 0 Å². The van der Waals surface area contributed by atoms with Crippen LogP contribution in [0.1, 0.15) is 44.9 Å². The van der Waals surface area contributed by atoms with Crippen LogP contribution in [0, 0.1) is 17.3 Å². The minimum atomic E-state index is -0.769. The van der Waals surface area contributed by atoms with Gasteiger partial charge in [-0.25, -0.2) is 0 Å². The second-order valence-corrected chi connectivity index (χ2v) is 8.22. The van der Waals surface area contributed by atoms with Gasteiger partial charge < -0.3 is 19.6 Å². The van der Waals surface area contributed by atoms with Gasteiger partial charge in [0.25, 0.3) is 0 Å². The number of carboxylic acids is 1. The SMILES string of the molecule is COCCCN1C[C@@H]2CN(C(=O)CC3CCCCC3)C[C@]2(C(=O)O)C1. The lowest BCUT2D eigenvalue weighted by Gasteiger charge is -2.27. The smallest absolute Gasteiger partial charge is 0.313 e. The predicted molar refractivity (Wildman–Crippen MR) is 94.3 cm³/mol. The van der Waals surface area contributed by atoms with E-state index in [1.165, 1.54) is 19.3 Å². The van der Waals surface area contributed by atoms with Gasteiger partial charge in [-0.15, -0.1) is 0 Å². The summed E-state index contributed by atoms with van der Waals surface area (Å²) >= 11 is 0. The molecule has 0 unspecified atom stereocenters. The molecule has 2 saturated heterocycles. The van der Waals surface area contributed by atoms with Crippen molar-refractivity contribution in [3.05, 3.63) is 0 Å². The van der Waals surface area contributed by atoms with Crippen LogP contribution in [-0.4, -0.2) is 73.2 Å². The summed E-state index contributed by atoms with van der Waals surface area (Å²) in [5.74, 6) is 0.00317. The lowest BCUT2D eigenvalue weighted by atomic mass is 9.81. The number of hydrogen-bond acceptors (Lipinski definition) is 4. The molecule has 0 radical (unpaired) electrons. The third-order valence-corrected chi connectivity index (χ3v) is 6.47. The Hall–Kier alpha value is -1.14. The van der Waals surface area contributed by atoms with Gasteiger partial charge in [-0.05, 0) is 25.2 Å². The van der Waals surface area contributed by atoms with Crippen LogP contribution in [0.25, 0.3) is 0 Å². The van der Waals surface area contributed by atoms with Crippen molar-refractivity contribution in [3.8, 4) is 0 Å². The van der Waals surface area contributed by atoms with Gasteiger partial charge >= 0.3 is 5.97 Å². The summed E-state index contributed by atoms with van der Waals surface area (Å²) in [7, 11) is 1.69. The minimum Gasteiger partial charge on any atom is -0.481 e. The standard InChI is InChI=1S/C19H32N2O4/c1-25-9-5-8-20-11-16-12-21(14-19(16,13-20)18(23)24)17(22)10-15-6-3-2-4-7-15/h15-16H,2-14H2,1H3,(H,23,24)/t16-,19-/m1/s1. The van der Waals surface area contributed by atoms with Gasteiger partial charge in [-0.2, -0.15) is 0 Å². The molecule has 6 heteroatoms. The summed E-state index contributed by atoms with van der Waals surface area (Å²) in [6.45, 7) is 3.91. The highest BCUT2D eigenvalue weighted by molar-refractivity contribution is 5.81. The largest absolute Gasteiger partial charge is 0.481 e. The maximum atomic E-state index is 12.7. The zero-order chi connectivity index (χ0) is 17.9. The fourth-order valence-corrected chi connectivity index (χ4v) is 5.03. The molecule has 0 aromatic heterocycles. The molecule has 0 aromatic carbocycles. The Kier molecular flexibility index (Phi) is 6.00. The fraction of sp³-hybridized carbons (Fsp3) is 0.895. The summed E-state index contributed by atoms with van der Waals surface area (Å²) in [5.41, 5.74) is -0.769. The van der Waals surface area contributed by atoms with Gasteiger partial charge in [-0.3, -0.25) is 9.59 Å². The van der Waals surface area contributed by atoms with Gasteiger partial charge in [0, 0.05) is 58.8 Å². The topological polar surface area (TPSA) is 70.1 Å². The minimum absolute atomic E-state index is 0.0582. The van der Waals surface area contributed by atoms with Crippen LogP contribution in [0.4, 0.5) is 0 Å². The number of carbonyl (C=O) groups excluding carboxylic acids is 1. The molecule has 1 saturated carbocycles. The van der Waals surface area contributed by atoms with Crippen LogP contribution in [-0.2, 0) is 14.3 Å². The second kappa shape index (κ2) is 8.04. The first-order valence-electron chi connectivity index (χ1n) is 9.77. The number of carboxylic acid groups (broad SMARTS) is 1. The summed E-state index contributed by atoms with van der Waals surface area (Å²) in [6.07, 6.45) is 7.59. The molecule has 25 heavy (non-hydrogen) atoms. The zero-order valence-electron chi connectivity index (χ0n) is 15.4. The van der Waals surface area contributed by atoms with E-state index in [4.69, 9.17) is 4.74 Å².